The molecule has 0 radical (unpaired) electrons. The van der Waals surface area contributed by atoms with Crippen LogP contribution in [0.3, 0.4) is 0 Å². The Kier molecular flexibility index (Phi) is 7.47. The summed E-state index contributed by atoms with van der Waals surface area (Å²) in [5.74, 6) is -0.222. The molecule has 1 atom stereocenters. The van der Waals surface area contributed by atoms with E-state index in [-0.39, 0.29) is 11.9 Å². The zero-order chi connectivity index (χ0) is 13.4. The van der Waals surface area contributed by atoms with Crippen molar-refractivity contribution in [2.75, 3.05) is 19.8 Å². The predicted octanol–water partition coefficient (Wildman–Crippen LogP) is 4.06. The summed E-state index contributed by atoms with van der Waals surface area (Å²) in [6.45, 7) is 6.55. The average Bonchev–Trinajstić information content (AvgIpc) is 2.33. The lowest BCUT2D eigenvalue weighted by atomic mass is 10.1. The summed E-state index contributed by atoms with van der Waals surface area (Å²) in [4.78, 5) is 0. The second-order valence-electron chi connectivity index (χ2n) is 4.31. The first-order chi connectivity index (χ1) is 8.65. The highest BCUT2D eigenvalue weighted by Crippen LogP contribution is 2.23. The van der Waals surface area contributed by atoms with Gasteiger partial charge in [-0.15, -0.1) is 0 Å². The normalized spacial score (nSPS) is 12.7. The molecule has 0 aliphatic rings. The third kappa shape index (κ3) is 5.46. The van der Waals surface area contributed by atoms with Crippen LogP contribution >= 0.6 is 15.9 Å². The first-order valence-corrected chi connectivity index (χ1v) is 7.20. The summed E-state index contributed by atoms with van der Waals surface area (Å²) < 4.78 is 19.2. The SMILES string of the molecule is CCCCOCCNC(C)c1ccc(F)cc1Br. The number of ether oxygens (including phenoxy) is 1. The van der Waals surface area contributed by atoms with Crippen molar-refractivity contribution in [2.24, 2.45) is 0 Å². The number of halogens is 2. The second-order valence-corrected chi connectivity index (χ2v) is 5.16. The van der Waals surface area contributed by atoms with E-state index in [2.05, 4.69) is 35.1 Å². The molecule has 1 unspecified atom stereocenters. The predicted molar refractivity (Wildman–Crippen MR) is 76.2 cm³/mol. The molecule has 0 amide bonds. The van der Waals surface area contributed by atoms with Gasteiger partial charge in [0.15, 0.2) is 0 Å². The molecule has 1 N–H and O–H groups in total. The van der Waals surface area contributed by atoms with Gasteiger partial charge in [-0.2, -0.15) is 0 Å². The molecule has 0 fully saturated rings. The van der Waals surface area contributed by atoms with Crippen LogP contribution in [0.2, 0.25) is 0 Å². The van der Waals surface area contributed by atoms with Crippen LogP contribution in [-0.4, -0.2) is 19.8 Å². The minimum absolute atomic E-state index is 0.176. The van der Waals surface area contributed by atoms with E-state index < -0.39 is 0 Å². The van der Waals surface area contributed by atoms with E-state index >= 15 is 0 Å². The van der Waals surface area contributed by atoms with Gasteiger partial charge in [0.05, 0.1) is 6.61 Å². The van der Waals surface area contributed by atoms with Crippen LogP contribution in [0.25, 0.3) is 0 Å². The van der Waals surface area contributed by atoms with Gasteiger partial charge >= 0.3 is 0 Å². The number of benzene rings is 1. The van der Waals surface area contributed by atoms with Crippen molar-refractivity contribution >= 4 is 15.9 Å². The third-order valence-electron chi connectivity index (χ3n) is 2.77. The van der Waals surface area contributed by atoms with Crippen molar-refractivity contribution in [3.8, 4) is 0 Å². The topological polar surface area (TPSA) is 21.3 Å². The van der Waals surface area contributed by atoms with Crippen LogP contribution in [0.15, 0.2) is 22.7 Å². The van der Waals surface area contributed by atoms with E-state index in [9.17, 15) is 4.39 Å². The Morgan fingerprint density at radius 2 is 2.17 bits per heavy atom. The fourth-order valence-corrected chi connectivity index (χ4v) is 2.35. The standard InChI is InChI=1S/C14H21BrFNO/c1-3-4-8-18-9-7-17-11(2)13-6-5-12(16)10-14(13)15/h5-6,10-11,17H,3-4,7-9H2,1-2H3. The van der Waals surface area contributed by atoms with Gasteiger partial charge in [-0.05, 0) is 31.0 Å². The molecule has 0 aliphatic heterocycles. The summed E-state index contributed by atoms with van der Waals surface area (Å²) in [6, 6.07) is 4.95. The van der Waals surface area contributed by atoms with Crippen LogP contribution in [-0.2, 0) is 4.74 Å². The Morgan fingerprint density at radius 1 is 1.39 bits per heavy atom. The third-order valence-corrected chi connectivity index (χ3v) is 3.45. The maximum absolute atomic E-state index is 13.0. The summed E-state index contributed by atoms with van der Waals surface area (Å²) in [5.41, 5.74) is 1.06. The highest BCUT2D eigenvalue weighted by Gasteiger charge is 2.09. The number of hydrogen-bond acceptors (Lipinski definition) is 2. The van der Waals surface area contributed by atoms with Crippen molar-refractivity contribution < 1.29 is 9.13 Å². The van der Waals surface area contributed by atoms with Gasteiger partial charge in [0.2, 0.25) is 0 Å². The lowest BCUT2D eigenvalue weighted by Gasteiger charge is -2.16. The van der Waals surface area contributed by atoms with Crippen molar-refractivity contribution in [1.82, 2.24) is 5.32 Å². The highest BCUT2D eigenvalue weighted by molar-refractivity contribution is 9.10. The van der Waals surface area contributed by atoms with Crippen LogP contribution in [0.5, 0.6) is 0 Å². The number of unbranched alkanes of at least 4 members (excludes halogenated alkanes) is 1. The van der Waals surface area contributed by atoms with Gasteiger partial charge < -0.3 is 10.1 Å². The molecule has 1 aromatic rings. The van der Waals surface area contributed by atoms with Crippen LogP contribution in [0.1, 0.15) is 38.3 Å². The quantitative estimate of drug-likeness (QED) is 0.730. The van der Waals surface area contributed by atoms with Crippen molar-refractivity contribution in [3.05, 3.63) is 34.1 Å². The van der Waals surface area contributed by atoms with Crippen molar-refractivity contribution in [2.45, 2.75) is 32.7 Å². The number of hydrogen-bond donors (Lipinski definition) is 1. The minimum atomic E-state index is -0.222. The zero-order valence-corrected chi connectivity index (χ0v) is 12.6. The average molecular weight is 318 g/mol. The van der Waals surface area contributed by atoms with Crippen LogP contribution in [0.4, 0.5) is 4.39 Å². The smallest absolute Gasteiger partial charge is 0.124 e. The van der Waals surface area contributed by atoms with Crippen LogP contribution < -0.4 is 5.32 Å². The summed E-state index contributed by atoms with van der Waals surface area (Å²) in [5, 5.41) is 3.36. The fourth-order valence-electron chi connectivity index (χ4n) is 1.66. The van der Waals surface area contributed by atoms with Gasteiger partial charge in [0, 0.05) is 23.7 Å². The van der Waals surface area contributed by atoms with Crippen LogP contribution in [0, 0.1) is 5.82 Å². The molecule has 2 nitrogen and oxygen atoms in total. The lowest BCUT2D eigenvalue weighted by Crippen LogP contribution is -2.23. The monoisotopic (exact) mass is 317 g/mol. The molecule has 18 heavy (non-hydrogen) atoms. The van der Waals surface area contributed by atoms with Gasteiger partial charge in [0.25, 0.3) is 0 Å². The molecule has 1 rings (SSSR count). The van der Waals surface area contributed by atoms with E-state index in [1.165, 1.54) is 12.1 Å². The molecule has 0 saturated heterocycles. The first-order valence-electron chi connectivity index (χ1n) is 6.41. The molecule has 0 saturated carbocycles. The summed E-state index contributed by atoms with van der Waals surface area (Å²) >= 11 is 3.38. The molecule has 0 aromatic heterocycles. The minimum Gasteiger partial charge on any atom is -0.380 e. The maximum Gasteiger partial charge on any atom is 0.124 e. The summed E-state index contributed by atoms with van der Waals surface area (Å²) in [7, 11) is 0. The van der Waals surface area contributed by atoms with E-state index in [0.717, 1.165) is 36.0 Å². The van der Waals surface area contributed by atoms with Gasteiger partial charge in [-0.3, -0.25) is 0 Å². The highest BCUT2D eigenvalue weighted by atomic mass is 79.9. The lowest BCUT2D eigenvalue weighted by molar-refractivity contribution is 0.131. The van der Waals surface area contributed by atoms with E-state index in [1.54, 1.807) is 6.07 Å². The zero-order valence-electron chi connectivity index (χ0n) is 11.0. The molecule has 102 valence electrons. The number of rotatable bonds is 8. The van der Waals surface area contributed by atoms with E-state index in [0.29, 0.717) is 6.61 Å². The Morgan fingerprint density at radius 3 is 2.83 bits per heavy atom. The van der Waals surface area contributed by atoms with Crippen molar-refractivity contribution in [3.63, 3.8) is 0 Å². The Labute approximate surface area is 117 Å². The van der Waals surface area contributed by atoms with Crippen molar-refractivity contribution in [1.29, 1.82) is 0 Å². The Balaban J connectivity index is 2.29. The van der Waals surface area contributed by atoms with E-state index in [4.69, 9.17) is 4.74 Å². The number of nitrogens with one attached hydrogen (secondary N) is 1. The molecular formula is C14H21BrFNO. The fraction of sp³-hybridized carbons (Fsp3) is 0.571. The molecular weight excluding hydrogens is 297 g/mol. The Hall–Kier alpha value is -0.450. The molecule has 0 spiro atoms. The Bertz CT molecular complexity index is 360. The molecule has 0 bridgehead atoms. The van der Waals surface area contributed by atoms with Gasteiger partial charge in [0.1, 0.15) is 5.82 Å². The molecule has 0 aliphatic carbocycles. The van der Waals surface area contributed by atoms with E-state index in [1.807, 2.05) is 0 Å². The molecule has 4 heteroatoms. The summed E-state index contributed by atoms with van der Waals surface area (Å²) in [6.07, 6.45) is 2.27. The molecule has 0 heterocycles. The maximum atomic E-state index is 13.0. The largest absolute Gasteiger partial charge is 0.380 e. The molecule has 1 aromatic carbocycles. The second kappa shape index (κ2) is 8.62. The first kappa shape index (κ1) is 15.6. The van der Waals surface area contributed by atoms with Gasteiger partial charge in [-0.25, -0.2) is 4.39 Å². The van der Waals surface area contributed by atoms with Gasteiger partial charge in [-0.1, -0.05) is 35.3 Å².